The maximum Gasteiger partial charge on any atom is 0.178 e. The molecule has 2 fully saturated rings. The SMILES string of the molecule is Cc1cc(C(=O)CN2CCN(Cc3ccco3)CC2)c(C)n1C1CCS(=O)(=O)C1. The van der Waals surface area contributed by atoms with Gasteiger partial charge in [-0.1, -0.05) is 0 Å². The minimum Gasteiger partial charge on any atom is -0.468 e. The second-order valence-electron chi connectivity index (χ2n) is 8.27. The van der Waals surface area contributed by atoms with Crippen LogP contribution in [0.1, 0.15) is 40.0 Å². The van der Waals surface area contributed by atoms with Crippen LogP contribution in [0.4, 0.5) is 0 Å². The highest BCUT2D eigenvalue weighted by Gasteiger charge is 2.32. The molecule has 0 aliphatic carbocycles. The first-order chi connectivity index (χ1) is 13.8. The van der Waals surface area contributed by atoms with Gasteiger partial charge in [-0.15, -0.1) is 0 Å². The van der Waals surface area contributed by atoms with E-state index in [9.17, 15) is 13.2 Å². The summed E-state index contributed by atoms with van der Waals surface area (Å²) in [4.78, 5) is 17.5. The van der Waals surface area contributed by atoms with E-state index >= 15 is 0 Å². The van der Waals surface area contributed by atoms with Gasteiger partial charge in [-0.05, 0) is 38.5 Å². The second kappa shape index (κ2) is 8.08. The van der Waals surface area contributed by atoms with E-state index in [2.05, 4.69) is 14.4 Å². The summed E-state index contributed by atoms with van der Waals surface area (Å²) in [5.41, 5.74) is 2.59. The third kappa shape index (κ3) is 4.49. The number of sulfone groups is 1. The minimum atomic E-state index is -2.96. The molecule has 1 unspecified atom stereocenters. The number of carbonyl (C=O) groups is 1. The Morgan fingerprint density at radius 1 is 1.17 bits per heavy atom. The molecule has 0 N–H and O–H groups in total. The predicted octanol–water partition coefficient (Wildman–Crippen LogP) is 2.06. The van der Waals surface area contributed by atoms with Crippen molar-refractivity contribution in [2.75, 3.05) is 44.2 Å². The van der Waals surface area contributed by atoms with Gasteiger partial charge in [0.15, 0.2) is 15.6 Å². The fraction of sp³-hybridized carbons (Fsp3) is 0.571. The summed E-state index contributed by atoms with van der Waals surface area (Å²) >= 11 is 0. The molecule has 158 valence electrons. The smallest absolute Gasteiger partial charge is 0.178 e. The minimum absolute atomic E-state index is 0.0494. The number of rotatable bonds is 6. The lowest BCUT2D eigenvalue weighted by Crippen LogP contribution is -2.47. The van der Waals surface area contributed by atoms with Crippen molar-refractivity contribution in [1.82, 2.24) is 14.4 Å². The Kier molecular flexibility index (Phi) is 5.68. The molecule has 2 aromatic heterocycles. The number of piperazine rings is 1. The van der Waals surface area contributed by atoms with Crippen LogP contribution in [0, 0.1) is 13.8 Å². The van der Waals surface area contributed by atoms with Crippen molar-refractivity contribution >= 4 is 15.6 Å². The van der Waals surface area contributed by atoms with Crippen LogP contribution in [-0.2, 0) is 16.4 Å². The van der Waals surface area contributed by atoms with E-state index in [1.807, 2.05) is 32.0 Å². The maximum atomic E-state index is 13.0. The molecule has 4 heterocycles. The first-order valence-corrected chi connectivity index (χ1v) is 12.0. The molecule has 0 spiro atoms. The monoisotopic (exact) mass is 419 g/mol. The summed E-state index contributed by atoms with van der Waals surface area (Å²) < 4.78 is 31.2. The number of carbonyl (C=O) groups excluding carboxylic acids is 1. The largest absolute Gasteiger partial charge is 0.468 e. The number of aromatic nitrogens is 1. The highest BCUT2D eigenvalue weighted by molar-refractivity contribution is 7.91. The van der Waals surface area contributed by atoms with Gasteiger partial charge in [-0.3, -0.25) is 14.6 Å². The Morgan fingerprint density at radius 3 is 2.52 bits per heavy atom. The average Bonchev–Trinajstić information content (AvgIpc) is 3.37. The molecule has 4 rings (SSSR count). The summed E-state index contributed by atoms with van der Waals surface area (Å²) in [5, 5.41) is 0. The predicted molar refractivity (Wildman–Crippen MR) is 111 cm³/mol. The Hall–Kier alpha value is -1.90. The van der Waals surface area contributed by atoms with Crippen LogP contribution in [0.5, 0.6) is 0 Å². The highest BCUT2D eigenvalue weighted by atomic mass is 32.2. The molecule has 7 nitrogen and oxygen atoms in total. The average molecular weight is 420 g/mol. The van der Waals surface area contributed by atoms with E-state index in [0.29, 0.717) is 13.0 Å². The van der Waals surface area contributed by atoms with E-state index < -0.39 is 9.84 Å². The van der Waals surface area contributed by atoms with Crippen molar-refractivity contribution in [2.45, 2.75) is 32.9 Å². The van der Waals surface area contributed by atoms with Gasteiger partial charge in [0.05, 0.1) is 30.9 Å². The topological polar surface area (TPSA) is 75.8 Å². The lowest BCUT2D eigenvalue weighted by atomic mass is 10.1. The number of furan rings is 1. The first-order valence-electron chi connectivity index (χ1n) is 10.2. The van der Waals surface area contributed by atoms with Crippen molar-refractivity contribution in [3.8, 4) is 0 Å². The fourth-order valence-corrected chi connectivity index (χ4v) is 6.32. The Balaban J connectivity index is 1.36. The molecule has 0 amide bonds. The molecule has 2 aliphatic heterocycles. The van der Waals surface area contributed by atoms with E-state index in [1.165, 1.54) is 0 Å². The van der Waals surface area contributed by atoms with Crippen LogP contribution in [0.25, 0.3) is 0 Å². The number of hydrogen-bond donors (Lipinski definition) is 0. The Morgan fingerprint density at radius 2 is 1.90 bits per heavy atom. The van der Waals surface area contributed by atoms with Crippen LogP contribution in [0.15, 0.2) is 28.9 Å². The Labute approximate surface area is 172 Å². The van der Waals surface area contributed by atoms with Crippen LogP contribution in [-0.4, -0.2) is 72.8 Å². The van der Waals surface area contributed by atoms with Gasteiger partial charge in [0.2, 0.25) is 0 Å². The van der Waals surface area contributed by atoms with Gasteiger partial charge in [-0.25, -0.2) is 8.42 Å². The normalized spacial score (nSPS) is 22.9. The van der Waals surface area contributed by atoms with E-state index in [4.69, 9.17) is 4.42 Å². The zero-order chi connectivity index (χ0) is 20.6. The third-order valence-corrected chi connectivity index (χ3v) is 7.90. The summed E-state index contributed by atoms with van der Waals surface area (Å²) in [6, 6.07) is 5.77. The molecule has 2 saturated heterocycles. The molecular formula is C21H29N3O4S. The molecule has 2 aliphatic rings. The van der Waals surface area contributed by atoms with E-state index in [-0.39, 0.29) is 23.3 Å². The summed E-state index contributed by atoms with van der Waals surface area (Å²) in [6.45, 7) is 8.63. The van der Waals surface area contributed by atoms with E-state index in [1.54, 1.807) is 6.26 Å². The van der Waals surface area contributed by atoms with Gasteiger partial charge < -0.3 is 8.98 Å². The standard InChI is InChI=1S/C21H29N3O4S/c1-16-12-20(17(2)24(16)18-5-11-29(26,27)15-18)21(25)14-23-8-6-22(7-9-23)13-19-4-3-10-28-19/h3-4,10,12,18H,5-9,11,13-15H2,1-2H3. The molecule has 29 heavy (non-hydrogen) atoms. The van der Waals surface area contributed by atoms with Gasteiger partial charge in [0, 0.05) is 49.2 Å². The number of hydrogen-bond acceptors (Lipinski definition) is 6. The molecule has 1 atom stereocenters. The third-order valence-electron chi connectivity index (χ3n) is 6.15. The van der Waals surface area contributed by atoms with Gasteiger partial charge in [0.25, 0.3) is 0 Å². The first kappa shape index (κ1) is 20.4. The van der Waals surface area contributed by atoms with E-state index in [0.717, 1.165) is 55.4 Å². The fourth-order valence-electron chi connectivity index (χ4n) is 4.62. The zero-order valence-electron chi connectivity index (χ0n) is 17.1. The number of aryl methyl sites for hydroxylation is 1. The second-order valence-corrected chi connectivity index (χ2v) is 10.5. The maximum absolute atomic E-state index is 13.0. The molecular weight excluding hydrogens is 390 g/mol. The Bertz CT molecular complexity index is 970. The molecule has 8 heteroatoms. The van der Waals surface area contributed by atoms with Crippen LogP contribution < -0.4 is 0 Å². The van der Waals surface area contributed by atoms with Crippen LogP contribution >= 0.6 is 0 Å². The molecule has 0 saturated carbocycles. The molecule has 0 aromatic carbocycles. The van der Waals surface area contributed by atoms with Crippen LogP contribution in [0.2, 0.25) is 0 Å². The van der Waals surface area contributed by atoms with Crippen molar-refractivity contribution in [1.29, 1.82) is 0 Å². The lowest BCUT2D eigenvalue weighted by molar-refractivity contribution is 0.0833. The zero-order valence-corrected chi connectivity index (χ0v) is 18.0. The molecule has 0 bridgehead atoms. The molecule has 0 radical (unpaired) electrons. The summed E-state index contributed by atoms with van der Waals surface area (Å²) in [6.07, 6.45) is 2.33. The summed E-state index contributed by atoms with van der Waals surface area (Å²) in [5.74, 6) is 1.50. The lowest BCUT2D eigenvalue weighted by Gasteiger charge is -2.33. The van der Waals surface area contributed by atoms with Gasteiger partial charge in [-0.2, -0.15) is 0 Å². The summed E-state index contributed by atoms with van der Waals surface area (Å²) in [7, 11) is -2.96. The van der Waals surface area contributed by atoms with Crippen molar-refractivity contribution in [2.24, 2.45) is 0 Å². The van der Waals surface area contributed by atoms with Gasteiger partial charge >= 0.3 is 0 Å². The number of ketones is 1. The number of nitrogens with zero attached hydrogens (tertiary/aromatic N) is 3. The highest BCUT2D eigenvalue weighted by Crippen LogP contribution is 2.29. The number of Topliss-reactive ketones (excluding diaryl/α,β-unsaturated/α-hetero) is 1. The van der Waals surface area contributed by atoms with Crippen molar-refractivity contribution < 1.29 is 17.6 Å². The van der Waals surface area contributed by atoms with Crippen molar-refractivity contribution in [3.05, 3.63) is 47.2 Å². The van der Waals surface area contributed by atoms with Gasteiger partial charge in [0.1, 0.15) is 5.76 Å². The quantitative estimate of drug-likeness (QED) is 0.667. The van der Waals surface area contributed by atoms with Crippen molar-refractivity contribution in [3.63, 3.8) is 0 Å². The molecule has 2 aromatic rings. The van der Waals surface area contributed by atoms with Crippen LogP contribution in [0.3, 0.4) is 0 Å².